The van der Waals surface area contributed by atoms with Gasteiger partial charge in [-0.05, 0) is 59.7 Å². The molecule has 0 fully saturated rings. The zero-order valence-corrected chi connectivity index (χ0v) is 32.9. The first-order valence-corrected chi connectivity index (χ1v) is 17.6. The average molecular weight is 761 g/mol. The molecule has 10 nitrogen and oxygen atoms in total. The molecule has 0 spiro atoms. The van der Waals surface area contributed by atoms with Gasteiger partial charge in [-0.25, -0.2) is 0 Å². The Bertz CT molecular complexity index is 1920. The van der Waals surface area contributed by atoms with E-state index in [0.29, 0.717) is 79.4 Å². The SMILES string of the molecule is COc1ccc(C(O)(c2ccccc2)c2ccc(OC)cc2OC)c(OC)c1.COc1ccc(C(O)(c2ccccc2)c2ccc(OC)cc2OC)c(OC)c1. The van der Waals surface area contributed by atoms with E-state index in [4.69, 9.17) is 37.9 Å². The molecule has 0 saturated carbocycles. The van der Waals surface area contributed by atoms with Gasteiger partial charge in [0.1, 0.15) is 57.2 Å². The number of ether oxygens (including phenoxy) is 8. The Morgan fingerprint density at radius 2 is 0.536 bits per heavy atom. The van der Waals surface area contributed by atoms with Gasteiger partial charge in [0.05, 0.1) is 56.9 Å². The summed E-state index contributed by atoms with van der Waals surface area (Å²) in [6, 6.07) is 40.2. The zero-order chi connectivity index (χ0) is 40.3. The number of methoxy groups -OCH3 is 8. The quantitative estimate of drug-likeness (QED) is 0.106. The third kappa shape index (κ3) is 8.02. The lowest BCUT2D eigenvalue weighted by molar-refractivity contribution is 0.118. The van der Waals surface area contributed by atoms with Crippen LogP contribution in [-0.2, 0) is 11.2 Å². The second-order valence-corrected chi connectivity index (χ2v) is 12.4. The highest BCUT2D eigenvalue weighted by Crippen LogP contribution is 2.48. The van der Waals surface area contributed by atoms with E-state index in [0.717, 1.165) is 0 Å². The van der Waals surface area contributed by atoms with Crippen molar-refractivity contribution in [3.63, 3.8) is 0 Å². The summed E-state index contributed by atoms with van der Waals surface area (Å²) in [6.07, 6.45) is 0. The van der Waals surface area contributed by atoms with E-state index in [1.54, 1.807) is 130 Å². The maximum absolute atomic E-state index is 12.1. The van der Waals surface area contributed by atoms with Gasteiger partial charge in [0.2, 0.25) is 0 Å². The molecule has 0 unspecified atom stereocenters. The standard InChI is InChI=1S/2C23H24O5/c2*1-25-17-10-12-19(21(14-17)27-3)23(24,16-8-6-5-7-9-16)20-13-11-18(26-2)15-22(20)28-4/h2*5-15,24H,1-4H3. The molecule has 0 radical (unpaired) electrons. The van der Waals surface area contributed by atoms with Gasteiger partial charge in [-0.2, -0.15) is 0 Å². The fraction of sp³-hybridized carbons (Fsp3) is 0.217. The molecule has 6 rings (SSSR count). The van der Waals surface area contributed by atoms with Gasteiger partial charge in [0.25, 0.3) is 0 Å². The van der Waals surface area contributed by atoms with Crippen molar-refractivity contribution < 1.29 is 48.1 Å². The Morgan fingerprint density at radius 3 is 0.732 bits per heavy atom. The van der Waals surface area contributed by atoms with Crippen LogP contribution in [0.2, 0.25) is 0 Å². The van der Waals surface area contributed by atoms with Gasteiger partial charge < -0.3 is 48.1 Å². The molecule has 6 aromatic carbocycles. The zero-order valence-electron chi connectivity index (χ0n) is 32.9. The fourth-order valence-electron chi connectivity index (χ4n) is 6.66. The molecule has 10 heteroatoms. The van der Waals surface area contributed by atoms with Crippen molar-refractivity contribution in [3.05, 3.63) is 167 Å². The summed E-state index contributed by atoms with van der Waals surface area (Å²) in [6.45, 7) is 0. The van der Waals surface area contributed by atoms with E-state index in [1.807, 2.05) is 60.7 Å². The van der Waals surface area contributed by atoms with Gasteiger partial charge in [-0.3, -0.25) is 0 Å². The molecule has 6 aromatic rings. The molecular weight excluding hydrogens is 712 g/mol. The molecule has 56 heavy (non-hydrogen) atoms. The van der Waals surface area contributed by atoms with Gasteiger partial charge in [-0.1, -0.05) is 60.7 Å². The molecule has 0 atom stereocenters. The van der Waals surface area contributed by atoms with Crippen LogP contribution in [0.15, 0.2) is 133 Å². The molecule has 0 aromatic heterocycles. The first-order chi connectivity index (χ1) is 27.2. The molecule has 0 aliphatic rings. The van der Waals surface area contributed by atoms with Gasteiger partial charge in [0.15, 0.2) is 0 Å². The lowest BCUT2D eigenvalue weighted by atomic mass is 9.79. The molecular formula is C46H48O10. The van der Waals surface area contributed by atoms with Crippen molar-refractivity contribution in [3.8, 4) is 46.0 Å². The van der Waals surface area contributed by atoms with Crippen LogP contribution in [0.1, 0.15) is 33.4 Å². The Hall–Kier alpha value is -6.36. The smallest absolute Gasteiger partial charge is 0.147 e. The Labute approximate surface area is 328 Å². The Balaban J connectivity index is 0.000000214. The molecule has 0 amide bonds. The van der Waals surface area contributed by atoms with Gasteiger partial charge >= 0.3 is 0 Å². The second-order valence-electron chi connectivity index (χ2n) is 12.4. The van der Waals surface area contributed by atoms with Crippen molar-refractivity contribution in [2.45, 2.75) is 11.2 Å². The molecule has 0 aliphatic carbocycles. The maximum atomic E-state index is 12.1. The van der Waals surface area contributed by atoms with Crippen LogP contribution in [0.4, 0.5) is 0 Å². The molecule has 0 heterocycles. The second kappa shape index (κ2) is 18.3. The lowest BCUT2D eigenvalue weighted by Crippen LogP contribution is -2.30. The summed E-state index contributed by atoms with van der Waals surface area (Å²) < 4.78 is 43.6. The van der Waals surface area contributed by atoms with Crippen molar-refractivity contribution in [1.29, 1.82) is 0 Å². The summed E-state index contributed by atoms with van der Waals surface area (Å²) in [5.74, 6) is 4.56. The van der Waals surface area contributed by atoms with Crippen LogP contribution >= 0.6 is 0 Å². The van der Waals surface area contributed by atoms with Crippen LogP contribution < -0.4 is 37.9 Å². The van der Waals surface area contributed by atoms with E-state index in [9.17, 15) is 10.2 Å². The third-order valence-corrected chi connectivity index (χ3v) is 9.58. The van der Waals surface area contributed by atoms with Crippen LogP contribution in [-0.4, -0.2) is 67.1 Å². The summed E-state index contributed by atoms with van der Waals surface area (Å²) in [4.78, 5) is 0. The highest BCUT2D eigenvalue weighted by molar-refractivity contribution is 5.60. The molecule has 0 aliphatic heterocycles. The minimum absolute atomic E-state index is 0.503. The summed E-state index contributed by atoms with van der Waals surface area (Å²) in [5, 5.41) is 24.3. The van der Waals surface area contributed by atoms with E-state index < -0.39 is 11.2 Å². The van der Waals surface area contributed by atoms with E-state index in [1.165, 1.54) is 0 Å². The van der Waals surface area contributed by atoms with E-state index in [-0.39, 0.29) is 0 Å². The van der Waals surface area contributed by atoms with Crippen molar-refractivity contribution >= 4 is 0 Å². The maximum Gasteiger partial charge on any atom is 0.147 e. The van der Waals surface area contributed by atoms with Crippen LogP contribution in [0.25, 0.3) is 0 Å². The number of hydrogen-bond acceptors (Lipinski definition) is 10. The summed E-state index contributed by atoms with van der Waals surface area (Å²) in [5.41, 5.74) is 0.628. The minimum atomic E-state index is -1.52. The van der Waals surface area contributed by atoms with Gasteiger partial charge in [-0.15, -0.1) is 0 Å². The van der Waals surface area contributed by atoms with Crippen LogP contribution in [0.5, 0.6) is 46.0 Å². The number of hydrogen-bond donors (Lipinski definition) is 2. The van der Waals surface area contributed by atoms with E-state index in [2.05, 4.69) is 0 Å². The predicted molar refractivity (Wildman–Crippen MR) is 215 cm³/mol. The van der Waals surface area contributed by atoms with Crippen LogP contribution in [0, 0.1) is 0 Å². The first-order valence-electron chi connectivity index (χ1n) is 17.6. The molecule has 292 valence electrons. The normalized spacial score (nSPS) is 11.0. The minimum Gasteiger partial charge on any atom is -0.497 e. The molecule has 0 saturated heterocycles. The van der Waals surface area contributed by atoms with E-state index >= 15 is 0 Å². The Kier molecular flexibility index (Phi) is 13.3. The fourth-order valence-corrected chi connectivity index (χ4v) is 6.66. The lowest BCUT2D eigenvalue weighted by Gasteiger charge is -2.32. The largest absolute Gasteiger partial charge is 0.497 e. The highest BCUT2D eigenvalue weighted by Gasteiger charge is 2.40. The molecule has 2 N–H and O–H groups in total. The monoisotopic (exact) mass is 760 g/mol. The number of rotatable bonds is 14. The van der Waals surface area contributed by atoms with Crippen molar-refractivity contribution in [2.24, 2.45) is 0 Å². The Morgan fingerprint density at radius 1 is 0.304 bits per heavy atom. The van der Waals surface area contributed by atoms with Crippen LogP contribution in [0.3, 0.4) is 0 Å². The van der Waals surface area contributed by atoms with Gasteiger partial charge in [0, 0.05) is 46.5 Å². The molecule has 0 bridgehead atoms. The average Bonchev–Trinajstić information content (AvgIpc) is 3.28. The first kappa shape index (κ1) is 40.8. The summed E-state index contributed by atoms with van der Waals surface area (Å²) >= 11 is 0. The number of aliphatic hydroxyl groups is 2. The van der Waals surface area contributed by atoms with Crippen molar-refractivity contribution in [1.82, 2.24) is 0 Å². The number of benzene rings is 6. The topological polar surface area (TPSA) is 114 Å². The summed E-state index contributed by atoms with van der Waals surface area (Å²) in [7, 11) is 12.6. The predicted octanol–water partition coefficient (Wildman–Crippen LogP) is 8.01. The highest BCUT2D eigenvalue weighted by atomic mass is 16.5. The third-order valence-electron chi connectivity index (χ3n) is 9.58. The van der Waals surface area contributed by atoms with Crippen molar-refractivity contribution in [2.75, 3.05) is 56.9 Å².